The molecule has 19 heavy (non-hydrogen) atoms. The number of rotatable bonds is 2. The van der Waals surface area contributed by atoms with Gasteiger partial charge in [-0.25, -0.2) is 0 Å². The summed E-state index contributed by atoms with van der Waals surface area (Å²) in [5, 5.41) is 3.67. The van der Waals surface area contributed by atoms with Gasteiger partial charge in [-0.2, -0.15) is 0 Å². The van der Waals surface area contributed by atoms with E-state index in [4.69, 9.17) is 4.74 Å². The molecule has 2 saturated heterocycles. The molecule has 104 valence electrons. The molecule has 2 heterocycles. The molecule has 4 unspecified atom stereocenters. The fourth-order valence-corrected chi connectivity index (χ4v) is 3.41. The molecule has 0 saturated carbocycles. The van der Waals surface area contributed by atoms with Crippen LogP contribution in [0.1, 0.15) is 31.9 Å². The Kier molecular flexibility index (Phi) is 3.87. The van der Waals surface area contributed by atoms with E-state index in [1.54, 1.807) is 0 Å². The maximum atomic E-state index is 5.75. The molecule has 0 aliphatic carbocycles. The van der Waals surface area contributed by atoms with Crippen molar-refractivity contribution < 1.29 is 4.74 Å². The van der Waals surface area contributed by atoms with Crippen LogP contribution in [0.5, 0.6) is 0 Å². The Bertz CT molecular complexity index is 408. The first-order valence-corrected chi connectivity index (χ1v) is 7.41. The lowest BCUT2D eigenvalue weighted by atomic mass is 9.98. The van der Waals surface area contributed by atoms with Crippen LogP contribution in [0.15, 0.2) is 30.3 Å². The molecule has 0 aromatic heterocycles. The van der Waals surface area contributed by atoms with E-state index >= 15 is 0 Å². The monoisotopic (exact) mass is 260 g/mol. The molecule has 2 aliphatic heterocycles. The van der Waals surface area contributed by atoms with Crippen molar-refractivity contribution in [3.63, 3.8) is 0 Å². The largest absolute Gasteiger partial charge is 0.377 e. The van der Waals surface area contributed by atoms with Crippen molar-refractivity contribution in [3.05, 3.63) is 35.9 Å². The van der Waals surface area contributed by atoms with Crippen molar-refractivity contribution in [2.45, 2.75) is 44.5 Å². The van der Waals surface area contributed by atoms with Crippen molar-refractivity contribution in [2.24, 2.45) is 0 Å². The maximum absolute atomic E-state index is 5.75. The van der Waals surface area contributed by atoms with Crippen LogP contribution in [-0.4, -0.2) is 42.8 Å². The average Bonchev–Trinajstić information content (AvgIpc) is 2.86. The number of piperazine rings is 1. The van der Waals surface area contributed by atoms with Crippen LogP contribution >= 0.6 is 0 Å². The molecule has 0 spiro atoms. The summed E-state index contributed by atoms with van der Waals surface area (Å²) in [6.45, 7) is 7.59. The molecule has 4 atom stereocenters. The summed E-state index contributed by atoms with van der Waals surface area (Å²) in [7, 11) is 0. The van der Waals surface area contributed by atoms with Gasteiger partial charge in [-0.3, -0.25) is 4.90 Å². The van der Waals surface area contributed by atoms with Crippen molar-refractivity contribution in [2.75, 3.05) is 19.7 Å². The zero-order chi connectivity index (χ0) is 13.2. The van der Waals surface area contributed by atoms with E-state index < -0.39 is 0 Å². The van der Waals surface area contributed by atoms with Crippen LogP contribution in [0.3, 0.4) is 0 Å². The zero-order valence-electron chi connectivity index (χ0n) is 11.9. The van der Waals surface area contributed by atoms with E-state index in [0.717, 1.165) is 19.7 Å². The van der Waals surface area contributed by atoms with Gasteiger partial charge in [0, 0.05) is 37.8 Å². The Balaban J connectivity index is 1.74. The van der Waals surface area contributed by atoms with Gasteiger partial charge in [-0.1, -0.05) is 30.3 Å². The Labute approximate surface area is 115 Å². The van der Waals surface area contributed by atoms with Gasteiger partial charge in [0.2, 0.25) is 0 Å². The number of ether oxygens (including phenoxy) is 1. The van der Waals surface area contributed by atoms with Crippen molar-refractivity contribution in [3.8, 4) is 0 Å². The highest BCUT2D eigenvalue weighted by atomic mass is 16.5. The quantitative estimate of drug-likeness (QED) is 0.882. The van der Waals surface area contributed by atoms with Gasteiger partial charge in [0.25, 0.3) is 0 Å². The highest BCUT2D eigenvalue weighted by molar-refractivity contribution is 5.20. The topological polar surface area (TPSA) is 24.5 Å². The fourth-order valence-electron chi connectivity index (χ4n) is 3.41. The van der Waals surface area contributed by atoms with E-state index in [-0.39, 0.29) is 0 Å². The van der Waals surface area contributed by atoms with Crippen LogP contribution < -0.4 is 5.32 Å². The summed E-state index contributed by atoms with van der Waals surface area (Å²) >= 11 is 0. The third kappa shape index (κ3) is 2.69. The van der Waals surface area contributed by atoms with Gasteiger partial charge in [-0.05, 0) is 25.8 Å². The Morgan fingerprint density at radius 3 is 2.68 bits per heavy atom. The van der Waals surface area contributed by atoms with Gasteiger partial charge >= 0.3 is 0 Å². The summed E-state index contributed by atoms with van der Waals surface area (Å²) in [5.41, 5.74) is 1.39. The van der Waals surface area contributed by atoms with Crippen molar-refractivity contribution in [1.82, 2.24) is 10.2 Å². The Morgan fingerprint density at radius 1 is 1.21 bits per heavy atom. The second kappa shape index (κ2) is 5.61. The first-order chi connectivity index (χ1) is 9.25. The number of nitrogens with one attached hydrogen (secondary N) is 1. The summed E-state index contributed by atoms with van der Waals surface area (Å²) < 4.78 is 5.75. The van der Waals surface area contributed by atoms with E-state index in [0.29, 0.717) is 24.2 Å². The molecule has 2 aliphatic rings. The third-order valence-electron chi connectivity index (χ3n) is 4.58. The molecule has 0 amide bonds. The van der Waals surface area contributed by atoms with Crippen LogP contribution in [0.4, 0.5) is 0 Å². The highest BCUT2D eigenvalue weighted by Crippen LogP contribution is 2.27. The predicted molar refractivity (Wildman–Crippen MR) is 77.2 cm³/mol. The lowest BCUT2D eigenvalue weighted by Crippen LogP contribution is -2.56. The van der Waals surface area contributed by atoms with E-state index in [1.165, 1.54) is 12.0 Å². The molecule has 3 nitrogen and oxygen atoms in total. The smallest absolute Gasteiger partial charge is 0.0703 e. The van der Waals surface area contributed by atoms with Gasteiger partial charge in [-0.15, -0.1) is 0 Å². The second-order valence-corrected chi connectivity index (χ2v) is 5.85. The average molecular weight is 260 g/mol. The third-order valence-corrected chi connectivity index (χ3v) is 4.58. The van der Waals surface area contributed by atoms with Gasteiger partial charge < -0.3 is 10.1 Å². The standard InChI is InChI=1S/C16H24N2O/c1-12-10-17-15(14-6-4-3-5-7-14)11-18(12)16-8-9-19-13(16)2/h3-7,12-13,15-17H,8-11H2,1-2H3. The molecule has 1 N–H and O–H groups in total. The number of hydrogen-bond donors (Lipinski definition) is 1. The lowest BCUT2D eigenvalue weighted by Gasteiger charge is -2.43. The van der Waals surface area contributed by atoms with Crippen LogP contribution in [0.25, 0.3) is 0 Å². The molecule has 2 fully saturated rings. The molecule has 1 aromatic carbocycles. The van der Waals surface area contributed by atoms with E-state index in [9.17, 15) is 0 Å². The summed E-state index contributed by atoms with van der Waals surface area (Å²) in [6.07, 6.45) is 1.55. The minimum atomic E-state index is 0.372. The number of hydrogen-bond acceptors (Lipinski definition) is 3. The Hall–Kier alpha value is -0.900. The fraction of sp³-hybridized carbons (Fsp3) is 0.625. The molecule has 1 aromatic rings. The van der Waals surface area contributed by atoms with Gasteiger partial charge in [0.05, 0.1) is 6.10 Å². The molecule has 0 radical (unpaired) electrons. The molecule has 0 bridgehead atoms. The van der Waals surface area contributed by atoms with Crippen LogP contribution in [-0.2, 0) is 4.74 Å². The van der Waals surface area contributed by atoms with E-state index in [1.807, 2.05) is 0 Å². The lowest BCUT2D eigenvalue weighted by molar-refractivity contribution is 0.0362. The summed E-state index contributed by atoms with van der Waals surface area (Å²) in [5.74, 6) is 0. The predicted octanol–water partition coefficient (Wildman–Crippen LogP) is 2.20. The van der Waals surface area contributed by atoms with Crippen molar-refractivity contribution >= 4 is 0 Å². The second-order valence-electron chi connectivity index (χ2n) is 5.85. The minimum absolute atomic E-state index is 0.372. The maximum Gasteiger partial charge on any atom is 0.0703 e. The van der Waals surface area contributed by atoms with Crippen LogP contribution in [0.2, 0.25) is 0 Å². The first kappa shape index (κ1) is 13.1. The van der Waals surface area contributed by atoms with Crippen LogP contribution in [0, 0.1) is 0 Å². The Morgan fingerprint density at radius 2 is 2.00 bits per heavy atom. The molecule has 3 heteroatoms. The highest BCUT2D eigenvalue weighted by Gasteiger charge is 2.36. The number of benzene rings is 1. The van der Waals surface area contributed by atoms with Gasteiger partial charge in [0.1, 0.15) is 0 Å². The van der Waals surface area contributed by atoms with Gasteiger partial charge in [0.15, 0.2) is 0 Å². The SMILES string of the molecule is CC1OCCC1N1CC(c2ccccc2)NCC1C. The zero-order valence-corrected chi connectivity index (χ0v) is 11.9. The summed E-state index contributed by atoms with van der Waals surface area (Å²) in [4.78, 5) is 2.64. The van der Waals surface area contributed by atoms with Crippen molar-refractivity contribution in [1.29, 1.82) is 0 Å². The molecule has 3 rings (SSSR count). The molecular formula is C16H24N2O. The minimum Gasteiger partial charge on any atom is -0.377 e. The summed E-state index contributed by atoms with van der Waals surface area (Å²) in [6, 6.07) is 12.4. The normalized spacial score (nSPS) is 36.5. The first-order valence-electron chi connectivity index (χ1n) is 7.41. The molecular weight excluding hydrogens is 236 g/mol. The van der Waals surface area contributed by atoms with E-state index in [2.05, 4.69) is 54.4 Å². The number of nitrogens with zero attached hydrogens (tertiary/aromatic N) is 1.